The van der Waals surface area contributed by atoms with Gasteiger partial charge in [0, 0.05) is 22.0 Å². The number of nitrogens with one attached hydrogen (secondary N) is 1. The molecule has 1 amide bonds. The zero-order chi connectivity index (χ0) is 24.1. The fraction of sp³-hybridized carbons (Fsp3) is 0.250. The molecule has 0 atom stereocenters. The number of fused-ring (bicyclic) bond motifs is 1. The molecule has 0 fully saturated rings. The topological polar surface area (TPSA) is 80.1 Å². The molecule has 2 aromatic carbocycles. The van der Waals surface area contributed by atoms with Gasteiger partial charge in [0.1, 0.15) is 0 Å². The maximum absolute atomic E-state index is 13.1. The van der Waals surface area contributed by atoms with Crippen molar-refractivity contribution in [2.75, 3.05) is 31.7 Å². The van der Waals surface area contributed by atoms with Crippen LogP contribution < -0.4 is 10.9 Å². The normalized spacial score (nSPS) is 11.3. The highest BCUT2D eigenvalue weighted by Crippen LogP contribution is 2.26. The lowest BCUT2D eigenvalue weighted by Gasteiger charge is -2.14. The monoisotopic (exact) mass is 557 g/mol. The number of para-hydroxylation sites is 1. The van der Waals surface area contributed by atoms with Gasteiger partial charge in [-0.25, -0.2) is 9.97 Å². The summed E-state index contributed by atoms with van der Waals surface area (Å²) in [6.07, 6.45) is 0.810. The molecule has 2 heterocycles. The van der Waals surface area contributed by atoms with E-state index in [2.05, 4.69) is 36.1 Å². The highest BCUT2D eigenvalue weighted by molar-refractivity contribution is 9.10. The number of hydrogen-bond donors (Lipinski definition) is 1. The molecule has 1 N–H and O–H groups in total. The van der Waals surface area contributed by atoms with Crippen molar-refractivity contribution in [3.8, 4) is 11.3 Å². The van der Waals surface area contributed by atoms with Gasteiger partial charge in [-0.2, -0.15) is 0 Å². The van der Waals surface area contributed by atoms with E-state index >= 15 is 0 Å². The summed E-state index contributed by atoms with van der Waals surface area (Å²) in [6.45, 7) is 1.40. The van der Waals surface area contributed by atoms with Gasteiger partial charge in [0.25, 0.3) is 5.56 Å². The number of hydrogen-bond acceptors (Lipinski definition) is 7. The number of thiazole rings is 1. The maximum atomic E-state index is 13.1. The van der Waals surface area contributed by atoms with Gasteiger partial charge < -0.3 is 10.2 Å². The van der Waals surface area contributed by atoms with E-state index in [4.69, 9.17) is 0 Å². The van der Waals surface area contributed by atoms with E-state index in [0.717, 1.165) is 28.7 Å². The predicted molar refractivity (Wildman–Crippen MR) is 144 cm³/mol. The van der Waals surface area contributed by atoms with Crippen molar-refractivity contribution in [3.05, 3.63) is 68.7 Å². The van der Waals surface area contributed by atoms with Crippen LogP contribution in [-0.4, -0.2) is 51.7 Å². The van der Waals surface area contributed by atoms with Gasteiger partial charge in [-0.3, -0.25) is 14.2 Å². The van der Waals surface area contributed by atoms with Crippen molar-refractivity contribution in [1.82, 2.24) is 19.4 Å². The van der Waals surface area contributed by atoms with Crippen LogP contribution in [0.3, 0.4) is 0 Å². The fourth-order valence-electron chi connectivity index (χ4n) is 3.37. The second-order valence-corrected chi connectivity index (χ2v) is 10.6. The van der Waals surface area contributed by atoms with E-state index in [0.29, 0.717) is 27.7 Å². The third-order valence-corrected chi connectivity index (χ3v) is 7.30. The molecule has 0 aliphatic heterocycles. The summed E-state index contributed by atoms with van der Waals surface area (Å²) in [5.41, 5.74) is 2.35. The number of aromatic nitrogens is 3. The second-order valence-electron chi connectivity index (χ2n) is 7.91. The van der Waals surface area contributed by atoms with E-state index in [-0.39, 0.29) is 17.2 Å². The largest absolute Gasteiger partial charge is 0.309 e. The molecule has 0 spiro atoms. The Labute approximate surface area is 214 Å². The van der Waals surface area contributed by atoms with Crippen molar-refractivity contribution in [3.63, 3.8) is 0 Å². The van der Waals surface area contributed by atoms with Gasteiger partial charge in [0.15, 0.2) is 10.3 Å². The number of nitrogens with zero attached hydrogens (tertiary/aromatic N) is 4. The summed E-state index contributed by atoms with van der Waals surface area (Å²) >= 11 is 6.07. The Balaban J connectivity index is 1.46. The molecule has 0 aliphatic rings. The van der Waals surface area contributed by atoms with Crippen LogP contribution in [0.15, 0.2) is 68.3 Å². The third kappa shape index (κ3) is 6.12. The average molecular weight is 559 g/mol. The highest BCUT2D eigenvalue weighted by atomic mass is 79.9. The Morgan fingerprint density at radius 1 is 1.15 bits per heavy atom. The summed E-state index contributed by atoms with van der Waals surface area (Å²) in [4.78, 5) is 37.0. The number of carbonyl (C=O) groups is 1. The van der Waals surface area contributed by atoms with Crippen LogP contribution in [0.5, 0.6) is 0 Å². The van der Waals surface area contributed by atoms with Crippen LogP contribution in [0.2, 0.25) is 0 Å². The van der Waals surface area contributed by atoms with Gasteiger partial charge in [0.05, 0.1) is 22.3 Å². The minimum absolute atomic E-state index is 0.0775. The molecule has 0 unspecified atom stereocenters. The van der Waals surface area contributed by atoms with Crippen molar-refractivity contribution in [1.29, 1.82) is 0 Å². The number of amides is 1. The first-order valence-corrected chi connectivity index (χ1v) is 13.3. The van der Waals surface area contributed by atoms with Crippen LogP contribution in [0.25, 0.3) is 22.2 Å². The molecule has 0 saturated heterocycles. The summed E-state index contributed by atoms with van der Waals surface area (Å²) in [7, 11) is 4.00. The minimum atomic E-state index is -0.191. The molecule has 7 nitrogen and oxygen atoms in total. The highest BCUT2D eigenvalue weighted by Gasteiger charge is 2.14. The lowest BCUT2D eigenvalue weighted by atomic mass is 10.2. The van der Waals surface area contributed by atoms with Gasteiger partial charge in [-0.15, -0.1) is 11.3 Å². The van der Waals surface area contributed by atoms with Crippen molar-refractivity contribution in [2.24, 2.45) is 0 Å². The van der Waals surface area contributed by atoms with Crippen molar-refractivity contribution >= 4 is 61.0 Å². The van der Waals surface area contributed by atoms with Crippen molar-refractivity contribution < 1.29 is 4.79 Å². The van der Waals surface area contributed by atoms with E-state index in [1.54, 1.807) is 10.6 Å². The smallest absolute Gasteiger partial charge is 0.262 e. The number of benzene rings is 2. The van der Waals surface area contributed by atoms with Crippen LogP contribution in [-0.2, 0) is 11.3 Å². The molecule has 4 aromatic rings. The summed E-state index contributed by atoms with van der Waals surface area (Å²) in [5, 5.41) is 6.45. The van der Waals surface area contributed by atoms with Crippen LogP contribution >= 0.6 is 39.0 Å². The lowest BCUT2D eigenvalue weighted by Crippen LogP contribution is -2.26. The zero-order valence-corrected chi connectivity index (χ0v) is 22.0. The number of thioether (sulfide) groups is 1. The maximum Gasteiger partial charge on any atom is 0.262 e. The Kier molecular flexibility index (Phi) is 8.15. The first-order chi connectivity index (χ1) is 16.4. The van der Waals surface area contributed by atoms with E-state index in [9.17, 15) is 9.59 Å². The van der Waals surface area contributed by atoms with Gasteiger partial charge in [0.2, 0.25) is 5.91 Å². The van der Waals surface area contributed by atoms with Crippen LogP contribution in [0.4, 0.5) is 5.13 Å². The molecule has 0 bridgehead atoms. The number of halogens is 1. The second kappa shape index (κ2) is 11.3. The standard InChI is InChI=1S/C24H24BrN5O2S2/c1-29(2)12-5-13-30-22(32)18-6-3-4-7-19(18)27-24(30)34-15-21(31)28-23-26-20(14-33-23)16-8-10-17(25)11-9-16/h3-4,6-11,14H,5,12-13,15H2,1-2H3,(H,26,28,31). The zero-order valence-electron chi connectivity index (χ0n) is 18.8. The minimum Gasteiger partial charge on any atom is -0.309 e. The first kappa shape index (κ1) is 24.6. The number of rotatable bonds is 9. The molecule has 4 rings (SSSR count). The Morgan fingerprint density at radius 3 is 2.68 bits per heavy atom. The quantitative estimate of drug-likeness (QED) is 0.231. The molecular formula is C24H24BrN5O2S2. The van der Waals surface area contributed by atoms with Gasteiger partial charge in [-0.1, -0.05) is 52.0 Å². The summed E-state index contributed by atoms with van der Waals surface area (Å²) in [6, 6.07) is 15.2. The van der Waals surface area contributed by atoms with Gasteiger partial charge in [-0.05, 0) is 51.3 Å². The SMILES string of the molecule is CN(C)CCCn1c(SCC(=O)Nc2nc(-c3ccc(Br)cc3)cs2)nc2ccccc2c1=O. The Bertz CT molecular complexity index is 1350. The molecule has 0 saturated carbocycles. The molecule has 2 aromatic heterocycles. The molecule has 0 radical (unpaired) electrons. The number of carbonyl (C=O) groups excluding carboxylic acids is 1. The summed E-state index contributed by atoms with van der Waals surface area (Å²) < 4.78 is 2.68. The number of anilines is 1. The Hall–Kier alpha value is -2.53. The van der Waals surface area contributed by atoms with E-state index in [1.165, 1.54) is 23.1 Å². The molecule has 34 heavy (non-hydrogen) atoms. The third-order valence-electron chi connectivity index (χ3n) is 5.04. The Morgan fingerprint density at radius 2 is 1.91 bits per heavy atom. The predicted octanol–water partition coefficient (Wildman–Crippen LogP) is 4.97. The molecule has 0 aliphatic carbocycles. The lowest BCUT2D eigenvalue weighted by molar-refractivity contribution is -0.113. The van der Waals surface area contributed by atoms with Crippen LogP contribution in [0, 0.1) is 0 Å². The first-order valence-electron chi connectivity index (χ1n) is 10.7. The van der Waals surface area contributed by atoms with Gasteiger partial charge >= 0.3 is 0 Å². The fourth-order valence-corrected chi connectivity index (χ4v) is 5.20. The van der Waals surface area contributed by atoms with Crippen molar-refractivity contribution in [2.45, 2.75) is 18.1 Å². The van der Waals surface area contributed by atoms with Crippen LogP contribution in [0.1, 0.15) is 6.42 Å². The van der Waals surface area contributed by atoms with E-state index in [1.807, 2.05) is 61.9 Å². The summed E-state index contributed by atoms with van der Waals surface area (Å²) in [5.74, 6) is -0.0602. The molecule has 176 valence electrons. The molecular weight excluding hydrogens is 534 g/mol. The van der Waals surface area contributed by atoms with E-state index < -0.39 is 0 Å². The average Bonchev–Trinajstić information content (AvgIpc) is 3.28. The molecule has 10 heteroatoms.